The highest BCUT2D eigenvalue weighted by molar-refractivity contribution is 7.92. The molecule has 1 fully saturated rings. The lowest BCUT2D eigenvalue weighted by Crippen LogP contribution is -2.41. The van der Waals surface area contributed by atoms with Gasteiger partial charge < -0.3 is 9.73 Å². The number of carbonyl (C=O) groups excluding carboxylic acids is 3. The lowest BCUT2D eigenvalue weighted by molar-refractivity contribution is -0.131. The molecule has 2 aliphatic rings. The minimum atomic E-state index is -3.42. The van der Waals surface area contributed by atoms with Gasteiger partial charge in [-0.05, 0) is 55.7 Å². The molecule has 9 nitrogen and oxygen atoms in total. The second-order valence-electron chi connectivity index (χ2n) is 8.80. The summed E-state index contributed by atoms with van der Waals surface area (Å²) >= 11 is 0. The number of amides is 3. The first kappa shape index (κ1) is 22.1. The molecule has 10 heteroatoms. The van der Waals surface area contributed by atoms with Crippen LogP contribution in [-0.4, -0.2) is 50.4 Å². The van der Waals surface area contributed by atoms with E-state index in [1.54, 1.807) is 31.2 Å². The molecule has 34 heavy (non-hydrogen) atoms. The number of imide groups is 1. The van der Waals surface area contributed by atoms with Crippen molar-refractivity contribution in [1.29, 1.82) is 0 Å². The highest BCUT2D eigenvalue weighted by atomic mass is 32.2. The van der Waals surface area contributed by atoms with Gasteiger partial charge in [0.2, 0.25) is 10.0 Å². The fourth-order valence-corrected chi connectivity index (χ4v) is 5.55. The SMILES string of the molecule is C[C@]1(c2cc3ccccc3o2)NC(=O)N(CC(=O)c2ccc3c(c2)CCCN3S(C)(=O)=O)C1=O. The molecular formula is C24H23N3O6S. The number of para-hydroxylation sites is 1. The highest BCUT2D eigenvalue weighted by Gasteiger charge is 2.51. The van der Waals surface area contributed by atoms with E-state index in [0.29, 0.717) is 36.2 Å². The van der Waals surface area contributed by atoms with Gasteiger partial charge in [-0.3, -0.25) is 18.8 Å². The Morgan fingerprint density at radius 3 is 2.65 bits per heavy atom. The van der Waals surface area contributed by atoms with Crippen LogP contribution in [-0.2, 0) is 26.8 Å². The first-order chi connectivity index (χ1) is 16.1. The van der Waals surface area contributed by atoms with Crippen molar-refractivity contribution < 1.29 is 27.2 Å². The number of anilines is 1. The van der Waals surface area contributed by atoms with Crippen molar-refractivity contribution >= 4 is 44.4 Å². The van der Waals surface area contributed by atoms with E-state index in [-0.39, 0.29) is 5.76 Å². The molecule has 0 saturated carbocycles. The van der Waals surface area contributed by atoms with Crippen molar-refractivity contribution in [1.82, 2.24) is 10.2 Å². The van der Waals surface area contributed by atoms with E-state index in [1.807, 2.05) is 18.2 Å². The smallest absolute Gasteiger partial charge is 0.325 e. The highest BCUT2D eigenvalue weighted by Crippen LogP contribution is 2.34. The van der Waals surface area contributed by atoms with Gasteiger partial charge >= 0.3 is 6.03 Å². The van der Waals surface area contributed by atoms with Crippen molar-refractivity contribution in [2.45, 2.75) is 25.3 Å². The van der Waals surface area contributed by atoms with E-state index >= 15 is 0 Å². The van der Waals surface area contributed by atoms with Gasteiger partial charge in [-0.1, -0.05) is 18.2 Å². The number of aryl methyl sites for hydroxylation is 1. The molecule has 2 aromatic carbocycles. The Balaban J connectivity index is 1.39. The summed E-state index contributed by atoms with van der Waals surface area (Å²) < 4.78 is 31.3. The van der Waals surface area contributed by atoms with E-state index in [2.05, 4.69) is 5.32 Å². The Kier molecular flexibility index (Phi) is 5.01. The van der Waals surface area contributed by atoms with Crippen molar-refractivity contribution in [2.75, 3.05) is 23.7 Å². The Morgan fingerprint density at radius 1 is 1.15 bits per heavy atom. The third-order valence-electron chi connectivity index (χ3n) is 6.37. The Morgan fingerprint density at radius 2 is 1.91 bits per heavy atom. The summed E-state index contributed by atoms with van der Waals surface area (Å²) in [6, 6.07) is 13.1. The Hall–Kier alpha value is -3.66. The van der Waals surface area contributed by atoms with Crippen molar-refractivity contribution in [3.05, 3.63) is 65.4 Å². The molecule has 0 radical (unpaired) electrons. The number of nitrogens with one attached hydrogen (secondary N) is 1. The third-order valence-corrected chi connectivity index (χ3v) is 7.55. The fourth-order valence-electron chi connectivity index (χ4n) is 4.55. The first-order valence-corrected chi connectivity index (χ1v) is 12.7. The summed E-state index contributed by atoms with van der Waals surface area (Å²) in [5.41, 5.74) is 0.770. The quantitative estimate of drug-likeness (QED) is 0.442. The average molecular weight is 482 g/mol. The predicted molar refractivity (Wildman–Crippen MR) is 125 cm³/mol. The van der Waals surface area contributed by atoms with Crippen LogP contribution in [0.1, 0.15) is 35.0 Å². The number of hydrogen-bond donors (Lipinski definition) is 1. The number of benzene rings is 2. The van der Waals surface area contributed by atoms with Crippen molar-refractivity contribution in [2.24, 2.45) is 0 Å². The molecule has 5 rings (SSSR count). The van der Waals surface area contributed by atoms with Gasteiger partial charge in [0.1, 0.15) is 11.3 Å². The van der Waals surface area contributed by atoms with E-state index in [1.165, 1.54) is 10.4 Å². The molecule has 3 aromatic rings. The summed E-state index contributed by atoms with van der Waals surface area (Å²) in [5, 5.41) is 3.45. The molecule has 2 aliphatic heterocycles. The first-order valence-electron chi connectivity index (χ1n) is 10.8. The molecular weight excluding hydrogens is 458 g/mol. The van der Waals surface area contributed by atoms with E-state index in [0.717, 1.165) is 22.1 Å². The van der Waals surface area contributed by atoms with Crippen LogP contribution in [0.15, 0.2) is 52.9 Å². The zero-order valence-electron chi connectivity index (χ0n) is 18.7. The Labute approximate surface area is 196 Å². The van der Waals surface area contributed by atoms with Gasteiger partial charge in [0.05, 0.1) is 18.5 Å². The van der Waals surface area contributed by atoms with Crippen molar-refractivity contribution in [3.8, 4) is 0 Å². The molecule has 3 heterocycles. The number of hydrogen-bond acceptors (Lipinski definition) is 6. The summed E-state index contributed by atoms with van der Waals surface area (Å²) in [5.74, 6) is -0.709. The molecule has 3 amide bonds. The predicted octanol–water partition coefficient (Wildman–Crippen LogP) is 2.79. The van der Waals surface area contributed by atoms with Crippen LogP contribution < -0.4 is 9.62 Å². The topological polar surface area (TPSA) is 117 Å². The number of sulfonamides is 1. The molecule has 1 N–H and O–H groups in total. The van der Waals surface area contributed by atoms with Crippen LogP contribution in [0.25, 0.3) is 11.0 Å². The van der Waals surface area contributed by atoms with E-state index < -0.39 is 39.8 Å². The van der Waals surface area contributed by atoms with Gasteiger partial charge in [0.25, 0.3) is 5.91 Å². The molecule has 176 valence electrons. The lowest BCUT2D eigenvalue weighted by Gasteiger charge is -2.29. The van der Waals surface area contributed by atoms with Gasteiger partial charge in [-0.2, -0.15) is 0 Å². The zero-order valence-corrected chi connectivity index (χ0v) is 19.5. The van der Waals surface area contributed by atoms with Gasteiger partial charge in [-0.15, -0.1) is 0 Å². The van der Waals surface area contributed by atoms with E-state index in [4.69, 9.17) is 4.42 Å². The molecule has 0 bridgehead atoms. The second kappa shape index (κ2) is 7.69. The standard InChI is InChI=1S/C24H23N3O6S/c1-24(21-13-17-6-3-4-8-20(17)33-21)22(29)26(23(30)25-24)14-19(28)16-9-10-18-15(12-16)7-5-11-27(18)34(2,31)32/h3-4,6,8-10,12-13H,5,7,11,14H2,1-2H3,(H,25,30)/t24-/m1/s1. The maximum atomic E-state index is 13.2. The van der Waals surface area contributed by atoms with Crippen molar-refractivity contribution in [3.63, 3.8) is 0 Å². The molecule has 1 aromatic heterocycles. The van der Waals surface area contributed by atoms with Crippen LogP contribution in [0.5, 0.6) is 0 Å². The van der Waals surface area contributed by atoms with Gasteiger partial charge in [-0.25, -0.2) is 13.2 Å². The zero-order chi connectivity index (χ0) is 24.3. The maximum Gasteiger partial charge on any atom is 0.325 e. The number of urea groups is 1. The van der Waals surface area contributed by atoms with E-state index in [9.17, 15) is 22.8 Å². The minimum Gasteiger partial charge on any atom is -0.458 e. The maximum absolute atomic E-state index is 13.2. The minimum absolute atomic E-state index is 0.289. The number of nitrogens with zero attached hydrogens (tertiary/aromatic N) is 2. The molecule has 1 saturated heterocycles. The molecule has 0 aliphatic carbocycles. The fraction of sp³-hybridized carbons (Fsp3) is 0.292. The number of furan rings is 1. The number of Topliss-reactive ketones (excluding diaryl/α,β-unsaturated/α-hetero) is 1. The van der Waals surface area contributed by atoms with Crippen LogP contribution >= 0.6 is 0 Å². The van der Waals surface area contributed by atoms with Crippen LogP contribution in [0.4, 0.5) is 10.5 Å². The summed E-state index contributed by atoms with van der Waals surface area (Å²) in [7, 11) is -3.42. The third kappa shape index (κ3) is 3.54. The van der Waals surface area contributed by atoms with Crippen LogP contribution in [0.3, 0.4) is 0 Å². The molecule has 0 spiro atoms. The molecule has 0 unspecified atom stereocenters. The monoisotopic (exact) mass is 481 g/mol. The Bertz CT molecular complexity index is 1430. The summed E-state index contributed by atoms with van der Waals surface area (Å²) in [4.78, 5) is 39.8. The molecule has 1 atom stereocenters. The average Bonchev–Trinajstić information content (AvgIpc) is 3.33. The van der Waals surface area contributed by atoms with Gasteiger partial charge in [0, 0.05) is 17.5 Å². The lowest BCUT2D eigenvalue weighted by atomic mass is 9.97. The van der Waals surface area contributed by atoms with Crippen LogP contribution in [0, 0.1) is 0 Å². The number of rotatable bonds is 5. The van der Waals surface area contributed by atoms with Gasteiger partial charge in [0.15, 0.2) is 11.3 Å². The number of ketones is 1. The normalized spacial score (nSPS) is 20.5. The largest absolute Gasteiger partial charge is 0.458 e. The van der Waals surface area contributed by atoms with Crippen LogP contribution in [0.2, 0.25) is 0 Å². The number of fused-ring (bicyclic) bond motifs is 2. The number of carbonyl (C=O) groups is 3. The summed E-state index contributed by atoms with van der Waals surface area (Å²) in [6.45, 7) is 1.51. The second-order valence-corrected chi connectivity index (χ2v) is 10.7. The summed E-state index contributed by atoms with van der Waals surface area (Å²) in [6.07, 6.45) is 2.42.